The van der Waals surface area contributed by atoms with Crippen LogP contribution in [0.5, 0.6) is 0 Å². The van der Waals surface area contributed by atoms with E-state index in [1.165, 1.54) is 4.68 Å². The summed E-state index contributed by atoms with van der Waals surface area (Å²) in [4.78, 5) is 32.3. The van der Waals surface area contributed by atoms with Gasteiger partial charge in [-0.2, -0.15) is 5.10 Å². The van der Waals surface area contributed by atoms with Gasteiger partial charge in [0.2, 0.25) is 0 Å². The van der Waals surface area contributed by atoms with Crippen LogP contribution < -0.4 is 22.0 Å². The van der Waals surface area contributed by atoms with Crippen molar-refractivity contribution in [2.75, 3.05) is 11.2 Å². The number of anilines is 2. The Kier molecular flexibility index (Phi) is 6.41. The fourth-order valence-electron chi connectivity index (χ4n) is 4.60. The van der Waals surface area contributed by atoms with Gasteiger partial charge in [-0.1, -0.05) is 42.2 Å². The summed E-state index contributed by atoms with van der Waals surface area (Å²) in [5.41, 5.74) is 12.1. The van der Waals surface area contributed by atoms with E-state index in [0.29, 0.717) is 33.5 Å². The third kappa shape index (κ3) is 4.86. The Morgan fingerprint density at radius 1 is 1.02 bits per heavy atom. The van der Waals surface area contributed by atoms with E-state index in [4.69, 9.17) is 10.7 Å². The molecule has 0 saturated heterocycles. The number of amides is 1. The van der Waals surface area contributed by atoms with Gasteiger partial charge in [-0.25, -0.2) is 14.2 Å². The van der Waals surface area contributed by atoms with Gasteiger partial charge in [0.25, 0.3) is 11.5 Å². The highest BCUT2D eigenvalue weighted by Gasteiger charge is 2.24. The first-order chi connectivity index (χ1) is 19.9. The normalized spacial score (nSPS) is 11.7. The number of nitrogens with zero attached hydrogens (tertiary/aromatic N) is 6. The first-order valence-electron chi connectivity index (χ1n) is 12.8. The minimum absolute atomic E-state index is 0.101. The van der Waals surface area contributed by atoms with Crippen molar-refractivity contribution in [1.82, 2.24) is 34.4 Å². The van der Waals surface area contributed by atoms with Crippen LogP contribution in [-0.2, 0) is 7.05 Å². The molecule has 6 rings (SSSR count). The maximum absolute atomic E-state index is 14.1. The lowest BCUT2D eigenvalue weighted by molar-refractivity contribution is 0.0940. The van der Waals surface area contributed by atoms with Crippen molar-refractivity contribution in [1.29, 1.82) is 0 Å². The number of aryl methyl sites for hydroxylation is 1. The van der Waals surface area contributed by atoms with Crippen LogP contribution in [0.4, 0.5) is 11.5 Å². The van der Waals surface area contributed by atoms with Crippen LogP contribution in [0.2, 0.25) is 0 Å². The van der Waals surface area contributed by atoms with Crippen molar-refractivity contribution >= 4 is 33.8 Å². The third-order valence-corrected chi connectivity index (χ3v) is 6.51. The molecular formula is C30H25N9O2. The minimum Gasteiger partial charge on any atom is -0.382 e. The van der Waals surface area contributed by atoms with Crippen molar-refractivity contribution in [2.24, 2.45) is 7.05 Å². The zero-order chi connectivity index (χ0) is 28.5. The number of hydrogen-bond donors (Lipinski definition) is 3. The van der Waals surface area contributed by atoms with Crippen molar-refractivity contribution < 1.29 is 4.79 Å². The first kappa shape index (κ1) is 25.4. The Morgan fingerprint density at radius 3 is 2.61 bits per heavy atom. The van der Waals surface area contributed by atoms with Crippen LogP contribution in [0.15, 0.2) is 90.1 Å². The van der Waals surface area contributed by atoms with E-state index in [-0.39, 0.29) is 16.9 Å². The Bertz CT molecular complexity index is 2050. The second-order valence-corrected chi connectivity index (χ2v) is 9.43. The molecule has 0 unspecified atom stereocenters. The van der Waals surface area contributed by atoms with Crippen LogP contribution in [0, 0.1) is 11.8 Å². The number of carbonyl (C=O) groups is 1. The summed E-state index contributed by atoms with van der Waals surface area (Å²) in [6, 6.07) is 19.2. The molecule has 2 aromatic carbocycles. The number of pyridine rings is 1. The zero-order valence-electron chi connectivity index (χ0n) is 22.2. The van der Waals surface area contributed by atoms with Gasteiger partial charge in [0.05, 0.1) is 39.9 Å². The average molecular weight is 544 g/mol. The molecule has 1 atom stereocenters. The molecule has 4 heterocycles. The molecule has 6 aromatic rings. The Balaban J connectivity index is 1.45. The molecule has 11 nitrogen and oxygen atoms in total. The quantitative estimate of drug-likeness (QED) is 0.284. The number of aromatic nitrogens is 6. The molecule has 0 saturated carbocycles. The highest BCUT2D eigenvalue weighted by atomic mass is 16.2. The standard InChI is InChI=1S/C30H25N9O2/c1-19(33-29(40)26-24-13-6-7-16-38(24)36-27(26)31)28-34-23-12-8-9-21(15-14-20-17-32-37(2)18-20)25(23)30(41)39(28)35-22-10-4-3-5-11-22/h3-13,16-19,35H,1-2H3,(H2,31,36)(H,33,40)/t19-/m0/s1. The topological polar surface area (TPSA) is 137 Å². The molecule has 4 N–H and O–H groups in total. The van der Waals surface area contributed by atoms with Crippen LogP contribution in [0.25, 0.3) is 16.4 Å². The van der Waals surface area contributed by atoms with Gasteiger partial charge in [0.1, 0.15) is 5.56 Å². The highest BCUT2D eigenvalue weighted by molar-refractivity contribution is 6.05. The largest absolute Gasteiger partial charge is 0.382 e. The molecule has 11 heteroatoms. The fraction of sp³-hybridized carbons (Fsp3) is 0.100. The first-order valence-corrected chi connectivity index (χ1v) is 12.8. The molecule has 0 aliphatic carbocycles. The molecule has 4 aromatic heterocycles. The number of carbonyl (C=O) groups excluding carboxylic acids is 1. The molecule has 202 valence electrons. The van der Waals surface area contributed by atoms with E-state index in [2.05, 4.69) is 32.8 Å². The number of nitrogens with two attached hydrogens (primary N) is 1. The lowest BCUT2D eigenvalue weighted by Gasteiger charge is -2.21. The highest BCUT2D eigenvalue weighted by Crippen LogP contribution is 2.21. The van der Waals surface area contributed by atoms with Crippen molar-refractivity contribution in [3.8, 4) is 11.8 Å². The number of nitrogens with one attached hydrogen (secondary N) is 2. The molecule has 0 fully saturated rings. The van der Waals surface area contributed by atoms with Crippen LogP contribution in [0.1, 0.15) is 40.3 Å². The Morgan fingerprint density at radius 2 is 1.83 bits per heavy atom. The molecule has 0 spiro atoms. The zero-order valence-corrected chi connectivity index (χ0v) is 22.2. The Labute approximate surface area is 234 Å². The summed E-state index contributed by atoms with van der Waals surface area (Å²) in [6.45, 7) is 1.75. The maximum atomic E-state index is 14.1. The molecular weight excluding hydrogens is 518 g/mol. The molecule has 0 aliphatic rings. The molecule has 0 radical (unpaired) electrons. The monoisotopic (exact) mass is 543 g/mol. The van der Waals surface area contributed by atoms with Crippen molar-refractivity contribution in [2.45, 2.75) is 13.0 Å². The summed E-state index contributed by atoms with van der Waals surface area (Å²) >= 11 is 0. The average Bonchev–Trinajstić information content (AvgIpc) is 3.55. The van der Waals surface area contributed by atoms with E-state index >= 15 is 0 Å². The van der Waals surface area contributed by atoms with Crippen LogP contribution in [-0.4, -0.2) is 35.0 Å². The molecule has 0 bridgehead atoms. The van der Waals surface area contributed by atoms with E-state index < -0.39 is 11.9 Å². The van der Waals surface area contributed by atoms with Gasteiger partial charge in [0.15, 0.2) is 11.6 Å². The number of hydrogen-bond acceptors (Lipinski definition) is 7. The minimum atomic E-state index is -0.695. The van der Waals surface area contributed by atoms with E-state index in [1.807, 2.05) is 37.4 Å². The molecule has 1 amide bonds. The van der Waals surface area contributed by atoms with Gasteiger partial charge in [-0.15, -0.1) is 5.10 Å². The van der Waals surface area contributed by atoms with E-state index in [0.717, 1.165) is 5.56 Å². The second kappa shape index (κ2) is 10.3. The SMILES string of the molecule is C[C@H](NC(=O)c1c(N)nn2ccccc12)c1nc2cccc(C#Cc3cnn(C)c3)c2c(=O)n1Nc1ccccc1. The third-order valence-electron chi connectivity index (χ3n) is 6.51. The maximum Gasteiger partial charge on any atom is 0.281 e. The fourth-order valence-corrected chi connectivity index (χ4v) is 4.60. The lowest BCUT2D eigenvalue weighted by Crippen LogP contribution is -2.37. The van der Waals surface area contributed by atoms with Gasteiger partial charge >= 0.3 is 0 Å². The van der Waals surface area contributed by atoms with Gasteiger partial charge in [-0.05, 0) is 43.3 Å². The van der Waals surface area contributed by atoms with Crippen molar-refractivity contribution in [3.05, 3.63) is 118 Å². The summed E-state index contributed by atoms with van der Waals surface area (Å²) in [5, 5.41) is 11.7. The van der Waals surface area contributed by atoms with Crippen LogP contribution in [0.3, 0.4) is 0 Å². The predicted molar refractivity (Wildman–Crippen MR) is 156 cm³/mol. The summed E-state index contributed by atoms with van der Waals surface area (Å²) < 4.78 is 4.55. The number of rotatable bonds is 5. The number of para-hydroxylation sites is 1. The van der Waals surface area contributed by atoms with E-state index in [9.17, 15) is 9.59 Å². The number of fused-ring (bicyclic) bond motifs is 2. The smallest absolute Gasteiger partial charge is 0.281 e. The summed E-state index contributed by atoms with van der Waals surface area (Å²) in [6.07, 6.45) is 5.17. The van der Waals surface area contributed by atoms with Gasteiger partial charge in [-0.3, -0.25) is 19.7 Å². The van der Waals surface area contributed by atoms with Crippen molar-refractivity contribution in [3.63, 3.8) is 0 Å². The number of nitrogen functional groups attached to an aromatic ring is 1. The lowest BCUT2D eigenvalue weighted by atomic mass is 10.1. The van der Waals surface area contributed by atoms with E-state index in [1.54, 1.807) is 71.1 Å². The molecule has 0 aliphatic heterocycles. The summed E-state index contributed by atoms with van der Waals surface area (Å²) in [7, 11) is 1.81. The second-order valence-electron chi connectivity index (χ2n) is 9.43. The number of benzene rings is 2. The Hall–Kier alpha value is -5.89. The molecule has 41 heavy (non-hydrogen) atoms. The van der Waals surface area contributed by atoms with Gasteiger partial charge < -0.3 is 11.1 Å². The predicted octanol–water partition coefficient (Wildman–Crippen LogP) is 3.13. The van der Waals surface area contributed by atoms with Crippen LogP contribution >= 0.6 is 0 Å². The summed E-state index contributed by atoms with van der Waals surface area (Å²) in [5.74, 6) is 6.12. The van der Waals surface area contributed by atoms with Gasteiger partial charge in [0, 0.05) is 25.0 Å².